The van der Waals surface area contributed by atoms with Crippen LogP contribution in [-0.2, 0) is 13.5 Å². The lowest BCUT2D eigenvalue weighted by molar-refractivity contribution is -0.390. The number of likely N-dealkylation sites (N-methyl/N-ethyl adjacent to an activating group) is 1. The number of rotatable bonds is 4. The number of nitrogens with zero attached hydrogens (tertiary/aromatic N) is 3. The van der Waals surface area contributed by atoms with Crippen LogP contribution in [0, 0.1) is 15.5 Å². The molecular formula is C11H20N4O2. The molecule has 1 rings (SSSR count). The first-order valence-corrected chi connectivity index (χ1v) is 5.59. The molecule has 6 heteroatoms. The minimum absolute atomic E-state index is 0.0346. The molecular weight excluding hydrogens is 220 g/mol. The largest absolute Gasteiger partial charge is 0.384 e. The van der Waals surface area contributed by atoms with E-state index < -0.39 is 4.92 Å². The van der Waals surface area contributed by atoms with Crippen molar-refractivity contribution >= 4 is 5.82 Å². The van der Waals surface area contributed by atoms with E-state index in [-0.39, 0.29) is 17.3 Å². The van der Waals surface area contributed by atoms with Gasteiger partial charge in [-0.3, -0.25) is 0 Å². The van der Waals surface area contributed by atoms with Gasteiger partial charge < -0.3 is 20.0 Å². The lowest BCUT2D eigenvalue weighted by Gasteiger charge is -2.30. The summed E-state index contributed by atoms with van der Waals surface area (Å²) in [6, 6.07) is 0.164. The van der Waals surface area contributed by atoms with Crippen molar-refractivity contribution in [2.75, 3.05) is 7.05 Å². The fourth-order valence-corrected chi connectivity index (χ4v) is 1.87. The quantitative estimate of drug-likeness (QED) is 0.639. The van der Waals surface area contributed by atoms with Crippen molar-refractivity contribution in [1.29, 1.82) is 0 Å². The molecule has 1 heterocycles. The second-order valence-electron chi connectivity index (χ2n) is 5.29. The van der Waals surface area contributed by atoms with E-state index in [0.29, 0.717) is 12.1 Å². The minimum Gasteiger partial charge on any atom is -0.358 e. The van der Waals surface area contributed by atoms with Gasteiger partial charge in [-0.05, 0) is 22.4 Å². The van der Waals surface area contributed by atoms with Crippen molar-refractivity contribution in [1.82, 2.24) is 14.9 Å². The third-order valence-corrected chi connectivity index (χ3v) is 3.00. The van der Waals surface area contributed by atoms with Gasteiger partial charge in [0.15, 0.2) is 0 Å². The second kappa shape index (κ2) is 4.83. The van der Waals surface area contributed by atoms with Crippen LogP contribution in [0.5, 0.6) is 0 Å². The highest BCUT2D eigenvalue weighted by Crippen LogP contribution is 2.25. The second-order valence-corrected chi connectivity index (χ2v) is 5.29. The van der Waals surface area contributed by atoms with Gasteiger partial charge in [0.05, 0.1) is 0 Å². The highest BCUT2D eigenvalue weighted by molar-refractivity contribution is 5.28. The molecule has 0 spiro atoms. The minimum atomic E-state index is -0.426. The van der Waals surface area contributed by atoms with Crippen molar-refractivity contribution in [3.05, 3.63) is 22.1 Å². The Morgan fingerprint density at radius 3 is 2.59 bits per heavy atom. The van der Waals surface area contributed by atoms with Gasteiger partial charge in [-0.1, -0.05) is 20.8 Å². The number of nitrogens with one attached hydrogen (secondary N) is 1. The van der Waals surface area contributed by atoms with Crippen LogP contribution in [0.1, 0.15) is 26.5 Å². The van der Waals surface area contributed by atoms with Gasteiger partial charge in [0.2, 0.25) is 6.33 Å². The molecule has 0 radical (unpaired) electrons. The summed E-state index contributed by atoms with van der Waals surface area (Å²) in [4.78, 5) is 14.3. The predicted molar refractivity (Wildman–Crippen MR) is 65.9 cm³/mol. The zero-order chi connectivity index (χ0) is 13.2. The summed E-state index contributed by atoms with van der Waals surface area (Å²) in [5.74, 6) is -0.0444. The summed E-state index contributed by atoms with van der Waals surface area (Å²) >= 11 is 0. The molecule has 1 unspecified atom stereocenters. The molecule has 0 aliphatic rings. The Hall–Kier alpha value is -1.43. The summed E-state index contributed by atoms with van der Waals surface area (Å²) in [6.45, 7) is 6.32. The smallest absolute Gasteiger partial charge is 0.358 e. The Morgan fingerprint density at radius 1 is 1.59 bits per heavy atom. The van der Waals surface area contributed by atoms with Gasteiger partial charge in [-0.2, -0.15) is 0 Å². The van der Waals surface area contributed by atoms with Crippen LogP contribution in [0.25, 0.3) is 0 Å². The van der Waals surface area contributed by atoms with Gasteiger partial charge in [0.1, 0.15) is 5.69 Å². The Bertz CT molecular complexity index is 406. The third kappa shape index (κ3) is 3.03. The maximum absolute atomic E-state index is 10.9. The molecule has 0 bridgehead atoms. The summed E-state index contributed by atoms with van der Waals surface area (Å²) in [6.07, 6.45) is 2.08. The van der Waals surface area contributed by atoms with Crippen molar-refractivity contribution in [2.45, 2.75) is 33.2 Å². The van der Waals surface area contributed by atoms with Crippen molar-refractivity contribution in [3.8, 4) is 0 Å². The van der Waals surface area contributed by atoms with Gasteiger partial charge in [-0.15, -0.1) is 0 Å². The summed E-state index contributed by atoms with van der Waals surface area (Å²) < 4.78 is 1.72. The molecule has 6 nitrogen and oxygen atoms in total. The first-order chi connectivity index (χ1) is 7.77. The molecule has 0 aromatic carbocycles. The fourth-order valence-electron chi connectivity index (χ4n) is 1.87. The predicted octanol–water partition coefficient (Wildman–Crippen LogP) is 1.50. The fraction of sp³-hybridized carbons (Fsp3) is 0.727. The van der Waals surface area contributed by atoms with Gasteiger partial charge in [-0.25, -0.2) is 0 Å². The topological polar surface area (TPSA) is 73.0 Å². The summed E-state index contributed by atoms with van der Waals surface area (Å²) in [7, 11) is 3.66. The zero-order valence-corrected chi connectivity index (χ0v) is 11.0. The van der Waals surface area contributed by atoms with E-state index in [1.807, 2.05) is 7.05 Å². The molecule has 0 saturated heterocycles. The molecule has 1 aromatic heterocycles. The average Bonchev–Trinajstić information content (AvgIpc) is 2.54. The Morgan fingerprint density at radius 2 is 2.18 bits per heavy atom. The third-order valence-electron chi connectivity index (χ3n) is 3.00. The van der Waals surface area contributed by atoms with Gasteiger partial charge >= 0.3 is 5.82 Å². The molecule has 0 saturated carbocycles. The number of imidazole rings is 1. The maximum Gasteiger partial charge on any atom is 0.384 e. The number of nitro groups is 1. The number of hydrogen-bond donors (Lipinski definition) is 1. The van der Waals surface area contributed by atoms with Crippen LogP contribution in [0.3, 0.4) is 0 Å². The van der Waals surface area contributed by atoms with E-state index in [2.05, 4.69) is 31.1 Å². The Kier molecular flexibility index (Phi) is 3.87. The SMILES string of the molecule is CNC(Cc1c([N+](=O)[O-])ncn1C)C(C)(C)C. The average molecular weight is 240 g/mol. The number of aromatic nitrogens is 2. The normalized spacial score (nSPS) is 13.7. The van der Waals surface area contributed by atoms with Crippen LogP contribution in [0.2, 0.25) is 0 Å². The standard InChI is InChI=1S/C11H20N4O2/c1-11(2,3)9(12-4)6-8-10(15(16)17)13-7-14(8)5/h7,9,12H,6H2,1-5H3. The molecule has 1 aromatic rings. The van der Waals surface area contributed by atoms with Gasteiger partial charge in [0.25, 0.3) is 0 Å². The molecule has 96 valence electrons. The van der Waals surface area contributed by atoms with E-state index >= 15 is 0 Å². The maximum atomic E-state index is 10.9. The number of hydrogen-bond acceptors (Lipinski definition) is 4. The highest BCUT2D eigenvalue weighted by atomic mass is 16.6. The van der Waals surface area contributed by atoms with Crippen LogP contribution >= 0.6 is 0 Å². The van der Waals surface area contributed by atoms with Crippen molar-refractivity contribution in [2.24, 2.45) is 12.5 Å². The van der Waals surface area contributed by atoms with Crippen LogP contribution in [0.4, 0.5) is 5.82 Å². The monoisotopic (exact) mass is 240 g/mol. The van der Waals surface area contributed by atoms with E-state index in [1.165, 1.54) is 6.33 Å². The molecule has 0 fully saturated rings. The molecule has 0 aliphatic heterocycles. The lowest BCUT2D eigenvalue weighted by atomic mass is 9.84. The van der Waals surface area contributed by atoms with Crippen molar-refractivity contribution < 1.29 is 4.92 Å². The summed E-state index contributed by atoms with van der Waals surface area (Å²) in [5.41, 5.74) is 0.691. The zero-order valence-electron chi connectivity index (χ0n) is 11.0. The first kappa shape index (κ1) is 13.6. The van der Waals surface area contributed by atoms with Crippen LogP contribution in [-0.4, -0.2) is 27.6 Å². The molecule has 0 amide bonds. The van der Waals surface area contributed by atoms with Gasteiger partial charge in [0, 0.05) is 19.5 Å². The summed E-state index contributed by atoms with van der Waals surface area (Å²) in [5, 5.41) is 14.1. The highest BCUT2D eigenvalue weighted by Gasteiger charge is 2.28. The first-order valence-electron chi connectivity index (χ1n) is 5.59. The molecule has 1 N–H and O–H groups in total. The van der Waals surface area contributed by atoms with Crippen molar-refractivity contribution in [3.63, 3.8) is 0 Å². The molecule has 0 aliphatic carbocycles. The lowest BCUT2D eigenvalue weighted by Crippen LogP contribution is -2.40. The molecule has 1 atom stereocenters. The van der Waals surface area contributed by atoms with E-state index in [9.17, 15) is 10.1 Å². The van der Waals surface area contributed by atoms with E-state index in [4.69, 9.17) is 0 Å². The Labute approximate surface area is 101 Å². The van der Waals surface area contributed by atoms with E-state index in [1.54, 1.807) is 11.6 Å². The van der Waals surface area contributed by atoms with Crippen LogP contribution in [0.15, 0.2) is 6.33 Å². The number of aryl methyl sites for hydroxylation is 1. The van der Waals surface area contributed by atoms with Crippen LogP contribution < -0.4 is 5.32 Å². The Balaban J connectivity index is 3.01. The molecule has 17 heavy (non-hydrogen) atoms. The van der Waals surface area contributed by atoms with E-state index in [0.717, 1.165) is 0 Å².